The van der Waals surface area contributed by atoms with Crippen molar-refractivity contribution in [2.45, 2.75) is 31.1 Å². The third-order valence-corrected chi connectivity index (χ3v) is 8.57. The normalized spacial score (nSPS) is 14.6. The Labute approximate surface area is 210 Å². The van der Waals surface area contributed by atoms with E-state index in [1.807, 2.05) is 37.3 Å². The molecule has 0 aliphatic heterocycles. The molecule has 0 spiro atoms. The van der Waals surface area contributed by atoms with Gasteiger partial charge >= 0.3 is 0 Å². The summed E-state index contributed by atoms with van der Waals surface area (Å²) in [6.07, 6.45) is 2.82. The van der Waals surface area contributed by atoms with Gasteiger partial charge < -0.3 is 15.6 Å². The number of nitrogens with one attached hydrogen (secondary N) is 3. The topological polar surface area (TPSA) is 138 Å². The molecule has 1 unspecified atom stereocenters. The Bertz CT molecular complexity index is 1690. The molecule has 0 saturated heterocycles. The molecule has 1 aliphatic carbocycles. The van der Waals surface area contributed by atoms with Crippen molar-refractivity contribution in [1.82, 2.24) is 20.6 Å². The van der Waals surface area contributed by atoms with Crippen LogP contribution in [0.15, 0.2) is 47.3 Å². The van der Waals surface area contributed by atoms with Gasteiger partial charge in [-0.2, -0.15) is 0 Å². The minimum Gasteiger partial charge on any atom is -0.352 e. The number of H-pyrrole nitrogens is 1. The fourth-order valence-electron chi connectivity index (χ4n) is 4.10. The molecule has 1 atom stereocenters. The second-order valence-corrected chi connectivity index (χ2v) is 12.3. The quantitative estimate of drug-likeness (QED) is 0.340. The highest BCUT2D eigenvalue weighted by Crippen LogP contribution is 2.35. The lowest BCUT2D eigenvalue weighted by Gasteiger charge is -2.12. The zero-order valence-corrected chi connectivity index (χ0v) is 21.3. The third kappa shape index (κ3) is 5.02. The summed E-state index contributed by atoms with van der Waals surface area (Å²) in [6, 6.07) is 12.9. The zero-order chi connectivity index (χ0) is 25.6. The molecule has 11 heteroatoms. The molecule has 2 amide bonds. The molecule has 0 radical (unpaired) electrons. The first-order chi connectivity index (χ1) is 17.1. The van der Waals surface area contributed by atoms with Crippen LogP contribution in [0.4, 0.5) is 0 Å². The Kier molecular flexibility index (Phi) is 6.13. The maximum absolute atomic E-state index is 12.8. The number of sulfone groups is 1. The molecule has 1 saturated carbocycles. The number of thiazole rings is 1. The molecule has 36 heavy (non-hydrogen) atoms. The number of fused-ring (bicyclic) bond motifs is 2. The summed E-state index contributed by atoms with van der Waals surface area (Å²) in [5.74, 6) is -1.12. The van der Waals surface area contributed by atoms with Crippen LogP contribution in [-0.4, -0.2) is 49.0 Å². The van der Waals surface area contributed by atoms with E-state index in [0.29, 0.717) is 5.52 Å². The maximum atomic E-state index is 12.8. The first-order valence-corrected chi connectivity index (χ1v) is 14.2. The van der Waals surface area contributed by atoms with E-state index in [9.17, 15) is 22.8 Å². The largest absolute Gasteiger partial charge is 0.352 e. The van der Waals surface area contributed by atoms with Crippen molar-refractivity contribution in [3.63, 3.8) is 0 Å². The SMILES string of the molecule is Cc1cc2nc(C(C(=O)NCC(=O)NC3CC3)S(C)(=O)=O)sc2cc1-c1ccc2[nH]c(=O)ccc2c1. The lowest BCUT2D eigenvalue weighted by molar-refractivity contribution is -0.126. The van der Waals surface area contributed by atoms with Gasteiger partial charge in [-0.15, -0.1) is 11.3 Å². The fraction of sp³-hybridized carbons (Fsp3) is 0.280. The molecule has 3 N–H and O–H groups in total. The molecule has 1 fully saturated rings. The summed E-state index contributed by atoms with van der Waals surface area (Å²) < 4.78 is 25.9. The van der Waals surface area contributed by atoms with Gasteiger partial charge in [0.2, 0.25) is 17.4 Å². The Hall–Kier alpha value is -3.57. The number of aromatic nitrogens is 2. The van der Waals surface area contributed by atoms with Crippen LogP contribution in [0.2, 0.25) is 0 Å². The van der Waals surface area contributed by atoms with Crippen molar-refractivity contribution in [3.05, 3.63) is 63.4 Å². The van der Waals surface area contributed by atoms with Gasteiger partial charge in [-0.05, 0) is 72.2 Å². The van der Waals surface area contributed by atoms with Gasteiger partial charge in [0, 0.05) is 23.9 Å². The van der Waals surface area contributed by atoms with Gasteiger partial charge in [-0.1, -0.05) is 6.07 Å². The van der Waals surface area contributed by atoms with Crippen LogP contribution in [0.1, 0.15) is 28.7 Å². The van der Waals surface area contributed by atoms with Crippen LogP contribution < -0.4 is 16.2 Å². The number of amides is 2. The number of rotatable bonds is 7. The van der Waals surface area contributed by atoms with Crippen molar-refractivity contribution in [2.75, 3.05) is 12.8 Å². The summed E-state index contributed by atoms with van der Waals surface area (Å²) in [6.45, 7) is 1.65. The average molecular weight is 525 g/mol. The zero-order valence-electron chi connectivity index (χ0n) is 19.6. The molecule has 2 aromatic carbocycles. The van der Waals surface area contributed by atoms with Crippen LogP contribution in [-0.2, 0) is 19.4 Å². The summed E-state index contributed by atoms with van der Waals surface area (Å²) in [5.41, 5.74) is 3.95. The van der Waals surface area contributed by atoms with E-state index in [4.69, 9.17) is 0 Å². The summed E-state index contributed by atoms with van der Waals surface area (Å²) in [4.78, 5) is 43.7. The van der Waals surface area contributed by atoms with Gasteiger partial charge in [0.25, 0.3) is 0 Å². The molecule has 186 valence electrons. The molecule has 2 heterocycles. The summed E-state index contributed by atoms with van der Waals surface area (Å²) in [7, 11) is -3.85. The number of benzene rings is 2. The number of carbonyl (C=O) groups is 2. The Morgan fingerprint density at radius 3 is 2.67 bits per heavy atom. The number of aryl methyl sites for hydroxylation is 1. The van der Waals surface area contributed by atoms with Crippen molar-refractivity contribution < 1.29 is 18.0 Å². The molecular formula is C25H24N4O5S2. The van der Waals surface area contributed by atoms with Crippen LogP contribution in [0.25, 0.3) is 32.2 Å². The molecule has 5 rings (SSSR count). The minimum absolute atomic E-state index is 0.145. The third-order valence-electron chi connectivity index (χ3n) is 6.04. The van der Waals surface area contributed by atoms with Gasteiger partial charge in [0.1, 0.15) is 5.01 Å². The van der Waals surface area contributed by atoms with Gasteiger partial charge in [0.05, 0.1) is 16.8 Å². The number of aromatic amines is 1. The second kappa shape index (κ2) is 9.14. The lowest BCUT2D eigenvalue weighted by atomic mass is 9.99. The van der Waals surface area contributed by atoms with Crippen LogP contribution in [0.5, 0.6) is 0 Å². The average Bonchev–Trinajstić information content (AvgIpc) is 3.53. The van der Waals surface area contributed by atoms with E-state index in [1.54, 1.807) is 6.07 Å². The first kappa shape index (κ1) is 24.1. The molecule has 1 aliphatic rings. The molecular weight excluding hydrogens is 500 g/mol. The van der Waals surface area contributed by atoms with E-state index >= 15 is 0 Å². The van der Waals surface area contributed by atoms with Crippen molar-refractivity contribution in [1.29, 1.82) is 0 Å². The van der Waals surface area contributed by atoms with Crippen molar-refractivity contribution >= 4 is 54.1 Å². The highest BCUT2D eigenvalue weighted by molar-refractivity contribution is 7.91. The highest BCUT2D eigenvalue weighted by Gasteiger charge is 2.34. The van der Waals surface area contributed by atoms with Crippen molar-refractivity contribution in [2.24, 2.45) is 0 Å². The Morgan fingerprint density at radius 2 is 1.94 bits per heavy atom. The van der Waals surface area contributed by atoms with E-state index in [-0.39, 0.29) is 29.1 Å². The number of pyridine rings is 1. The van der Waals surface area contributed by atoms with Crippen LogP contribution in [0.3, 0.4) is 0 Å². The number of nitrogens with zero attached hydrogens (tertiary/aromatic N) is 1. The predicted molar refractivity (Wildman–Crippen MR) is 140 cm³/mol. The molecule has 0 bridgehead atoms. The van der Waals surface area contributed by atoms with E-state index in [2.05, 4.69) is 20.6 Å². The van der Waals surface area contributed by atoms with E-state index in [0.717, 1.165) is 62.7 Å². The Morgan fingerprint density at radius 1 is 1.17 bits per heavy atom. The van der Waals surface area contributed by atoms with Gasteiger partial charge in [-0.3, -0.25) is 14.4 Å². The standard InChI is InChI=1S/C25H24N4O5S2/c1-13-9-19-20(11-17(13)14-3-7-18-15(10-14)4-8-21(30)28-18)35-25(29-19)23(36(2,33)34)24(32)26-12-22(31)27-16-5-6-16/h3-4,7-11,16,23H,5-6,12H2,1-2H3,(H,26,32)(H,27,31)(H,28,30). The summed E-state index contributed by atoms with van der Waals surface area (Å²) in [5, 5.41) is 4.73. The first-order valence-electron chi connectivity index (χ1n) is 11.4. The van der Waals surface area contributed by atoms with Gasteiger partial charge in [-0.25, -0.2) is 13.4 Å². The highest BCUT2D eigenvalue weighted by atomic mass is 32.2. The fourth-order valence-corrected chi connectivity index (χ4v) is 6.63. The minimum atomic E-state index is -3.85. The van der Waals surface area contributed by atoms with Crippen LogP contribution in [0, 0.1) is 6.92 Å². The number of hydrogen-bond donors (Lipinski definition) is 3. The smallest absolute Gasteiger partial charge is 0.248 e. The molecule has 2 aromatic heterocycles. The van der Waals surface area contributed by atoms with E-state index in [1.165, 1.54) is 6.07 Å². The van der Waals surface area contributed by atoms with Crippen LogP contribution >= 0.6 is 11.3 Å². The number of carbonyl (C=O) groups excluding carboxylic acids is 2. The predicted octanol–water partition coefficient (Wildman–Crippen LogP) is 2.59. The van der Waals surface area contributed by atoms with Gasteiger partial charge in [0.15, 0.2) is 15.1 Å². The maximum Gasteiger partial charge on any atom is 0.248 e. The number of hydrogen-bond acceptors (Lipinski definition) is 7. The molecule has 4 aromatic rings. The lowest BCUT2D eigenvalue weighted by Crippen LogP contribution is -2.41. The Balaban J connectivity index is 1.47. The monoisotopic (exact) mass is 524 g/mol. The second-order valence-electron chi connectivity index (χ2n) is 9.08. The molecule has 9 nitrogen and oxygen atoms in total. The summed E-state index contributed by atoms with van der Waals surface area (Å²) >= 11 is 1.14. The van der Waals surface area contributed by atoms with Crippen molar-refractivity contribution in [3.8, 4) is 11.1 Å². The van der Waals surface area contributed by atoms with E-state index < -0.39 is 21.0 Å².